The Morgan fingerprint density at radius 1 is 0.365 bits per heavy atom. The lowest BCUT2D eigenvalue weighted by molar-refractivity contribution is 0.0974. The number of pyridine rings is 1. The van der Waals surface area contributed by atoms with Gasteiger partial charge in [-0.2, -0.15) is 0 Å². The average Bonchev–Trinajstić information content (AvgIpc) is 3.79. The van der Waals surface area contributed by atoms with Crippen LogP contribution < -0.4 is 0 Å². The third kappa shape index (κ3) is 3.47. The minimum Gasteiger partial charge on any atom is -0.306 e. The smallest absolute Gasteiger partial charge is 0.175 e. The minimum absolute atomic E-state index is 0.0330. The second-order valence-corrected chi connectivity index (χ2v) is 19.0. The van der Waals surface area contributed by atoms with Gasteiger partial charge < -0.3 is 4.40 Å². The van der Waals surface area contributed by atoms with Gasteiger partial charge in [-0.3, -0.25) is 9.78 Å². The number of benzene rings is 8. The number of carbonyl (C=O) groups is 1. The lowest BCUT2D eigenvalue weighted by Gasteiger charge is -2.43. The molecule has 9 aliphatic rings. The summed E-state index contributed by atoms with van der Waals surface area (Å²) < 4.78 is 2.53. The highest BCUT2D eigenvalue weighted by Crippen LogP contribution is 2.63. The molecular weight excluding hydrogens is 765 g/mol. The summed E-state index contributed by atoms with van der Waals surface area (Å²) in [7, 11) is 0. The van der Waals surface area contributed by atoms with Crippen LogP contribution in [0.5, 0.6) is 0 Å². The first-order valence-electron chi connectivity index (χ1n) is 22.5. The Balaban J connectivity index is 1.07. The molecule has 0 radical (unpaired) electrons. The highest BCUT2D eigenvalue weighted by atomic mass is 16.1. The molecule has 0 N–H and O–H groups in total. The van der Waals surface area contributed by atoms with Gasteiger partial charge in [0.15, 0.2) is 5.78 Å². The molecule has 0 aliphatic heterocycles. The summed E-state index contributed by atoms with van der Waals surface area (Å²) in [5, 5.41) is 5.18. The van der Waals surface area contributed by atoms with E-state index < -0.39 is 0 Å². The van der Waals surface area contributed by atoms with E-state index in [9.17, 15) is 0 Å². The van der Waals surface area contributed by atoms with Gasteiger partial charge in [-0.15, -0.1) is 0 Å². The van der Waals surface area contributed by atoms with Gasteiger partial charge in [0.2, 0.25) is 0 Å². The van der Waals surface area contributed by atoms with Gasteiger partial charge in [-0.1, -0.05) is 146 Å². The van der Waals surface area contributed by atoms with Crippen LogP contribution in [0.2, 0.25) is 0 Å². The number of Topliss-reactive ketones (excluding diaryl/α,β-unsaturated/α-hetero) is 1. The number of hydrogen-bond acceptors (Lipinski definition) is 2. The third-order valence-corrected chi connectivity index (χ3v) is 16.6. The molecule has 11 aromatic rings. The zero-order valence-electron chi connectivity index (χ0n) is 33.9. The fourth-order valence-corrected chi connectivity index (χ4v) is 14.5. The molecule has 0 saturated carbocycles. The normalized spacial score (nSPS) is 22.0. The molecule has 0 fully saturated rings. The predicted octanol–water partition coefficient (Wildman–Crippen LogP) is 13.0. The summed E-state index contributed by atoms with van der Waals surface area (Å²) in [5.74, 6) is 0.191. The van der Waals surface area contributed by atoms with E-state index in [2.05, 4.69) is 174 Å². The van der Waals surface area contributed by atoms with Crippen molar-refractivity contribution in [2.45, 2.75) is 35.5 Å². The van der Waals surface area contributed by atoms with E-state index in [1.165, 1.54) is 105 Å². The second-order valence-electron chi connectivity index (χ2n) is 19.0. The highest BCUT2D eigenvalue weighted by Gasteiger charge is 2.48. The van der Waals surface area contributed by atoms with Gasteiger partial charge in [0, 0.05) is 50.8 Å². The number of carbonyl (C=O) groups excluding carboxylic acids is 1. The van der Waals surface area contributed by atoms with E-state index in [-0.39, 0.29) is 41.3 Å². The molecule has 3 heterocycles. The molecule has 0 atom stereocenters. The summed E-state index contributed by atoms with van der Waals surface area (Å²) in [5.41, 5.74) is 26.9. The largest absolute Gasteiger partial charge is 0.306 e. The highest BCUT2D eigenvalue weighted by molar-refractivity contribution is 6.27. The van der Waals surface area contributed by atoms with E-state index >= 15 is 4.79 Å². The van der Waals surface area contributed by atoms with E-state index in [1.807, 2.05) is 0 Å². The van der Waals surface area contributed by atoms with Crippen LogP contribution in [0.15, 0.2) is 170 Å². The molecule has 20 rings (SSSR count). The van der Waals surface area contributed by atoms with Crippen LogP contribution in [-0.4, -0.2) is 15.2 Å². The lowest BCUT2D eigenvalue weighted by Crippen LogP contribution is -2.28. The molecular formula is C60H34N2O. The van der Waals surface area contributed by atoms with Crippen molar-refractivity contribution >= 4 is 43.9 Å². The number of aromatic nitrogens is 2. The first-order valence-corrected chi connectivity index (χ1v) is 22.5. The fourth-order valence-electron chi connectivity index (χ4n) is 14.5. The molecule has 0 spiro atoms. The van der Waals surface area contributed by atoms with Crippen LogP contribution in [0.25, 0.3) is 38.1 Å². The number of ketones is 1. The van der Waals surface area contributed by atoms with Crippen molar-refractivity contribution in [3.8, 4) is 0 Å². The molecule has 6 bridgehead atoms. The number of rotatable bonds is 0. The third-order valence-electron chi connectivity index (χ3n) is 16.6. The molecule has 0 amide bonds. The van der Waals surface area contributed by atoms with Gasteiger partial charge in [-0.05, 0) is 107 Å². The van der Waals surface area contributed by atoms with Crippen LogP contribution in [0.4, 0.5) is 0 Å². The Labute approximate surface area is 362 Å². The summed E-state index contributed by atoms with van der Waals surface area (Å²) >= 11 is 0. The van der Waals surface area contributed by atoms with Crippen molar-refractivity contribution in [1.82, 2.24) is 9.38 Å². The maximum Gasteiger partial charge on any atom is 0.175 e. The summed E-state index contributed by atoms with van der Waals surface area (Å²) in [6, 6.07) is 61.4. The minimum atomic E-state index is -0.334. The molecule has 3 heteroatoms. The van der Waals surface area contributed by atoms with E-state index in [0.717, 1.165) is 33.3 Å². The van der Waals surface area contributed by atoms with Gasteiger partial charge in [0.25, 0.3) is 0 Å². The number of nitrogens with zero attached hydrogens (tertiary/aromatic N) is 2. The van der Waals surface area contributed by atoms with Crippen LogP contribution in [0.1, 0.15) is 141 Å². The Hall–Kier alpha value is -7.62. The van der Waals surface area contributed by atoms with E-state index in [0.29, 0.717) is 0 Å². The molecule has 0 saturated heterocycles. The molecule has 3 aromatic heterocycles. The van der Waals surface area contributed by atoms with Crippen molar-refractivity contribution < 1.29 is 4.79 Å². The zero-order chi connectivity index (χ0) is 40.6. The number of fused-ring (bicyclic) bond motifs is 6. The Bertz CT molecular complexity index is 3860. The van der Waals surface area contributed by atoms with E-state index in [4.69, 9.17) is 4.98 Å². The fraction of sp³-hybridized carbons (Fsp3) is 0.100. The first kappa shape index (κ1) is 32.1. The lowest BCUT2D eigenvalue weighted by atomic mass is 9.60. The van der Waals surface area contributed by atoms with E-state index in [1.54, 1.807) is 0 Å². The zero-order valence-corrected chi connectivity index (χ0v) is 33.9. The first-order chi connectivity index (χ1) is 31.2. The van der Waals surface area contributed by atoms with Gasteiger partial charge in [-0.25, -0.2) is 0 Å². The van der Waals surface area contributed by atoms with Crippen LogP contribution in [-0.2, 0) is 0 Å². The molecule has 9 aliphatic carbocycles. The van der Waals surface area contributed by atoms with Gasteiger partial charge in [0.1, 0.15) is 0 Å². The molecule has 290 valence electrons. The van der Waals surface area contributed by atoms with Crippen molar-refractivity contribution in [3.63, 3.8) is 0 Å². The van der Waals surface area contributed by atoms with Crippen molar-refractivity contribution in [1.29, 1.82) is 0 Å². The Morgan fingerprint density at radius 2 is 0.778 bits per heavy atom. The topological polar surface area (TPSA) is 34.4 Å². The predicted molar refractivity (Wildman–Crippen MR) is 248 cm³/mol. The molecule has 0 unspecified atom stereocenters. The van der Waals surface area contributed by atoms with Crippen LogP contribution in [0, 0.1) is 0 Å². The Kier molecular flexibility index (Phi) is 5.46. The number of hydrogen-bond donors (Lipinski definition) is 0. The Morgan fingerprint density at radius 3 is 1.29 bits per heavy atom. The van der Waals surface area contributed by atoms with Crippen molar-refractivity contribution in [2.75, 3.05) is 0 Å². The van der Waals surface area contributed by atoms with Gasteiger partial charge >= 0.3 is 0 Å². The quantitative estimate of drug-likeness (QED) is 0.153. The molecule has 8 aromatic carbocycles. The summed E-state index contributed by atoms with van der Waals surface area (Å²) in [6.07, 6.45) is 2.18. The molecule has 3 nitrogen and oxygen atoms in total. The maximum atomic E-state index is 15.4. The molecule has 63 heavy (non-hydrogen) atoms. The average molecular weight is 799 g/mol. The second kappa shape index (κ2) is 10.7. The van der Waals surface area contributed by atoms with Crippen molar-refractivity contribution in [2.24, 2.45) is 0 Å². The van der Waals surface area contributed by atoms with Gasteiger partial charge in [0.05, 0.1) is 40.3 Å². The monoisotopic (exact) mass is 798 g/mol. The summed E-state index contributed by atoms with van der Waals surface area (Å²) in [6.45, 7) is 0. The van der Waals surface area contributed by atoms with Crippen LogP contribution in [0.3, 0.4) is 0 Å². The van der Waals surface area contributed by atoms with Crippen molar-refractivity contribution in [3.05, 3.63) is 270 Å². The maximum absolute atomic E-state index is 15.4. The standard InChI is InChI=1S/C60H34N2O/c63-60-42-27-46-43(25-41(42)48-31-15-3-11-23-39(31)53(60)40-24-12-4-16-32(40)48)56-55-44(49-29-13-1-5-17-33(29)50(55)34-18-6-2-14-30(34)49)26-45-54-47(62(46)59(45)56)28-61-58-52-37-21-9-7-19-35(37)51(57(54)58)36-20-8-10-22-38(36)52/h1-28,48-53H. The van der Waals surface area contributed by atoms with Crippen LogP contribution >= 0.6 is 0 Å². The summed E-state index contributed by atoms with van der Waals surface area (Å²) in [4.78, 5) is 21.0. The SMILES string of the molecule is O=C1c2cc3c(cc2C2c4ccccc4C1c1ccccc12)c1c2c(cc4c5c6c(ncc5n3c41)C1c3ccccc3C6c3ccccc31)C1c3ccccc3C2c2ccccc21.